The molecule has 0 amide bonds. The second-order valence-electron chi connectivity index (χ2n) is 8.09. The van der Waals surface area contributed by atoms with Crippen LogP contribution in [0.2, 0.25) is 0 Å². The topological polar surface area (TPSA) is 6.48 Å². The number of nitrogens with zero attached hydrogens (tertiary/aromatic N) is 2. The summed E-state index contributed by atoms with van der Waals surface area (Å²) >= 11 is 0. The van der Waals surface area contributed by atoms with Gasteiger partial charge in [0.05, 0.1) is 0 Å². The first kappa shape index (κ1) is 21.1. The number of benzene rings is 2. The molecular formula is C30H26N2. The van der Waals surface area contributed by atoms with Crippen molar-refractivity contribution in [3.63, 3.8) is 0 Å². The predicted octanol–water partition coefficient (Wildman–Crippen LogP) is 5.72. The van der Waals surface area contributed by atoms with Gasteiger partial charge in [0.1, 0.15) is 0 Å². The zero-order chi connectivity index (χ0) is 22.5. The molecule has 0 radical (unpaired) electrons. The lowest BCUT2D eigenvalue weighted by atomic mass is 10.1. The van der Waals surface area contributed by atoms with Crippen LogP contribution in [-0.2, 0) is 0 Å². The van der Waals surface area contributed by atoms with Crippen molar-refractivity contribution in [2.24, 2.45) is 0 Å². The molecule has 0 fully saturated rings. The highest BCUT2D eigenvalue weighted by atomic mass is 15.1. The normalized spacial score (nSPS) is 10.0. The first-order chi connectivity index (χ1) is 15.5. The minimum absolute atomic E-state index is 0.999. The van der Waals surface area contributed by atoms with Crippen LogP contribution in [-0.4, -0.2) is 28.2 Å². The van der Waals surface area contributed by atoms with E-state index < -0.39 is 0 Å². The highest BCUT2D eigenvalue weighted by Crippen LogP contribution is 2.31. The Morgan fingerprint density at radius 1 is 0.469 bits per heavy atom. The molecule has 2 aliphatic rings. The number of hydrogen-bond acceptors (Lipinski definition) is 2. The number of hydrogen-bond donors (Lipinski definition) is 0. The molecular weight excluding hydrogens is 388 g/mol. The van der Waals surface area contributed by atoms with E-state index in [4.69, 9.17) is 0 Å². The smallest absolute Gasteiger partial charge is 0.0361 e. The van der Waals surface area contributed by atoms with Crippen LogP contribution >= 0.6 is 0 Å². The van der Waals surface area contributed by atoms with Gasteiger partial charge in [0.25, 0.3) is 0 Å². The highest BCUT2D eigenvalue weighted by molar-refractivity contribution is 5.81. The van der Waals surface area contributed by atoms with E-state index in [0.717, 1.165) is 44.8 Å². The van der Waals surface area contributed by atoms with Crippen LogP contribution in [0.15, 0.2) is 84.9 Å². The molecule has 0 bridgehead atoms. The summed E-state index contributed by atoms with van der Waals surface area (Å²) < 4.78 is 0. The SMILES string of the molecule is CN(C)c1ccc(C#Cc2cc(C#Cc3ccc(N(C)C)cc3)c3cccccc2-3)cc1. The molecule has 2 heteroatoms. The van der Waals surface area contributed by atoms with Crippen LogP contribution in [0.1, 0.15) is 22.3 Å². The van der Waals surface area contributed by atoms with E-state index in [1.807, 2.05) is 34.3 Å². The van der Waals surface area contributed by atoms with Crippen LogP contribution in [0.5, 0.6) is 0 Å². The quantitative estimate of drug-likeness (QED) is 0.387. The van der Waals surface area contributed by atoms with E-state index in [9.17, 15) is 0 Å². The molecule has 0 heterocycles. The van der Waals surface area contributed by atoms with E-state index in [1.165, 1.54) is 0 Å². The molecule has 0 aromatic heterocycles. The minimum Gasteiger partial charge on any atom is -0.378 e. The fourth-order valence-electron chi connectivity index (χ4n) is 3.49. The van der Waals surface area contributed by atoms with Crippen molar-refractivity contribution >= 4 is 11.4 Å². The summed E-state index contributed by atoms with van der Waals surface area (Å²) in [6.45, 7) is 0. The summed E-state index contributed by atoms with van der Waals surface area (Å²) in [7, 11) is 8.15. The van der Waals surface area contributed by atoms with Crippen molar-refractivity contribution in [3.05, 3.63) is 107 Å². The second-order valence-corrected chi connectivity index (χ2v) is 8.09. The zero-order valence-corrected chi connectivity index (χ0v) is 19.0. The molecule has 0 saturated carbocycles. The molecule has 32 heavy (non-hydrogen) atoms. The van der Waals surface area contributed by atoms with Gasteiger partial charge in [0, 0.05) is 61.8 Å². The third kappa shape index (κ3) is 4.77. The van der Waals surface area contributed by atoms with Crippen LogP contribution in [0.4, 0.5) is 11.4 Å². The Hall–Kier alpha value is -4.14. The van der Waals surface area contributed by atoms with Crippen molar-refractivity contribution in [1.82, 2.24) is 0 Å². The first-order valence-electron chi connectivity index (χ1n) is 10.6. The van der Waals surface area contributed by atoms with Gasteiger partial charge < -0.3 is 9.80 Å². The van der Waals surface area contributed by atoms with Gasteiger partial charge in [-0.3, -0.25) is 0 Å². The standard InChI is InChI=1S/C30H26N2/c1-31(2)27-18-12-23(13-19-27)10-16-25-22-26(30-9-7-5-6-8-29(25)30)17-11-24-14-20-28(21-15-24)32(3)4/h5-9,12-15,18-22H,1-4H3. The number of fused-ring (bicyclic) bond motifs is 1. The van der Waals surface area contributed by atoms with Crippen LogP contribution in [0.3, 0.4) is 0 Å². The zero-order valence-electron chi connectivity index (χ0n) is 19.0. The lowest BCUT2D eigenvalue weighted by molar-refractivity contribution is 1.13. The fourth-order valence-corrected chi connectivity index (χ4v) is 3.49. The lowest BCUT2D eigenvalue weighted by Crippen LogP contribution is -2.07. The summed E-state index contributed by atoms with van der Waals surface area (Å²) in [4.78, 5) is 4.17. The van der Waals surface area contributed by atoms with Gasteiger partial charge in [-0.05, 0) is 65.7 Å². The highest BCUT2D eigenvalue weighted by Gasteiger charge is 2.12. The minimum atomic E-state index is 0.999. The average Bonchev–Trinajstić information content (AvgIpc) is 2.95. The van der Waals surface area contributed by atoms with Crippen LogP contribution in [0.25, 0.3) is 11.1 Å². The van der Waals surface area contributed by atoms with E-state index >= 15 is 0 Å². The fraction of sp³-hybridized carbons (Fsp3) is 0.133. The largest absolute Gasteiger partial charge is 0.378 e. The molecule has 0 atom stereocenters. The summed E-state index contributed by atoms with van der Waals surface area (Å²) in [5, 5.41) is 0. The molecule has 0 saturated heterocycles. The molecule has 0 aliphatic heterocycles. The van der Waals surface area contributed by atoms with E-state index in [1.54, 1.807) is 0 Å². The third-order valence-electron chi connectivity index (χ3n) is 5.36. The summed E-state index contributed by atoms with van der Waals surface area (Å²) in [5.74, 6) is 13.4. The van der Waals surface area contributed by atoms with Crippen molar-refractivity contribution in [1.29, 1.82) is 0 Å². The lowest BCUT2D eigenvalue weighted by Gasteiger charge is -2.11. The summed E-state index contributed by atoms with van der Waals surface area (Å²) in [6.07, 6.45) is 0. The predicted molar refractivity (Wildman–Crippen MR) is 137 cm³/mol. The maximum Gasteiger partial charge on any atom is 0.0361 e. The molecule has 0 spiro atoms. The molecule has 0 N–H and O–H groups in total. The Morgan fingerprint density at radius 3 is 1.25 bits per heavy atom. The first-order valence-corrected chi connectivity index (χ1v) is 10.6. The average molecular weight is 415 g/mol. The van der Waals surface area contributed by atoms with Crippen molar-refractivity contribution in [2.75, 3.05) is 38.0 Å². The van der Waals surface area contributed by atoms with E-state index in [0.29, 0.717) is 0 Å². The van der Waals surface area contributed by atoms with Gasteiger partial charge in [0.2, 0.25) is 0 Å². The monoisotopic (exact) mass is 414 g/mol. The molecule has 156 valence electrons. The number of anilines is 2. The molecule has 2 nitrogen and oxygen atoms in total. The molecule has 2 aromatic carbocycles. The van der Waals surface area contributed by atoms with Gasteiger partial charge in [-0.1, -0.05) is 54.0 Å². The van der Waals surface area contributed by atoms with Gasteiger partial charge in [-0.2, -0.15) is 0 Å². The maximum absolute atomic E-state index is 3.37. The molecule has 2 aliphatic carbocycles. The van der Waals surface area contributed by atoms with Crippen molar-refractivity contribution in [3.8, 4) is 34.8 Å². The summed E-state index contributed by atoms with van der Waals surface area (Å²) in [5.41, 5.74) is 8.58. The Balaban J connectivity index is 1.68. The van der Waals surface area contributed by atoms with Crippen molar-refractivity contribution < 1.29 is 0 Å². The van der Waals surface area contributed by atoms with E-state index in [-0.39, 0.29) is 0 Å². The van der Waals surface area contributed by atoms with Crippen LogP contribution < -0.4 is 9.80 Å². The van der Waals surface area contributed by atoms with Gasteiger partial charge in [0.15, 0.2) is 0 Å². The van der Waals surface area contributed by atoms with Gasteiger partial charge >= 0.3 is 0 Å². The van der Waals surface area contributed by atoms with Crippen LogP contribution in [0, 0.1) is 23.7 Å². The second kappa shape index (κ2) is 9.34. The van der Waals surface area contributed by atoms with E-state index in [2.05, 4.69) is 112 Å². The Bertz CT molecular complexity index is 1200. The van der Waals surface area contributed by atoms with Gasteiger partial charge in [-0.15, -0.1) is 0 Å². The number of rotatable bonds is 2. The Kier molecular flexibility index (Phi) is 6.16. The summed E-state index contributed by atoms with van der Waals surface area (Å²) in [6, 6.07) is 29.1. The maximum atomic E-state index is 3.37. The Labute approximate surface area is 191 Å². The van der Waals surface area contributed by atoms with Gasteiger partial charge in [-0.25, -0.2) is 0 Å². The van der Waals surface area contributed by atoms with Crippen molar-refractivity contribution in [2.45, 2.75) is 0 Å². The molecule has 0 unspecified atom stereocenters. The third-order valence-corrected chi connectivity index (χ3v) is 5.36. The molecule has 2 aromatic rings. The molecule has 4 rings (SSSR count). The Morgan fingerprint density at radius 2 is 0.875 bits per heavy atom.